The van der Waals surface area contributed by atoms with Crippen molar-refractivity contribution in [3.8, 4) is 11.5 Å². The monoisotopic (exact) mass is 731 g/mol. The number of fused-ring (bicyclic) bond motifs is 2. The summed E-state index contributed by atoms with van der Waals surface area (Å²) in [7, 11) is 2.98. The number of benzene rings is 3. The zero-order valence-electron chi connectivity index (χ0n) is 28.0. The molecule has 0 radical (unpaired) electrons. The third-order valence-electron chi connectivity index (χ3n) is 8.43. The van der Waals surface area contributed by atoms with Gasteiger partial charge in [-0.25, -0.2) is 14.5 Å². The number of thioether (sulfide) groups is 1. The van der Waals surface area contributed by atoms with Gasteiger partial charge in [0.15, 0.2) is 11.5 Å². The number of esters is 2. The Morgan fingerprint density at radius 1 is 0.784 bits per heavy atom. The van der Waals surface area contributed by atoms with Crippen molar-refractivity contribution in [2.75, 3.05) is 37.7 Å². The predicted octanol–water partition coefficient (Wildman–Crippen LogP) is 4.71. The van der Waals surface area contributed by atoms with Crippen LogP contribution >= 0.6 is 23.1 Å². The molecule has 3 heterocycles. The van der Waals surface area contributed by atoms with Crippen LogP contribution in [-0.2, 0) is 30.4 Å². The Morgan fingerprint density at radius 3 is 1.98 bits per heavy atom. The molecule has 0 unspecified atom stereocenters. The summed E-state index contributed by atoms with van der Waals surface area (Å²) in [4.78, 5) is 80.7. The van der Waals surface area contributed by atoms with Crippen LogP contribution in [0, 0.1) is 5.92 Å². The van der Waals surface area contributed by atoms with Crippen molar-refractivity contribution in [3.05, 3.63) is 98.0 Å². The minimum absolute atomic E-state index is 0.197. The molecule has 4 aromatic rings. The maximum absolute atomic E-state index is 14.3. The molecule has 1 saturated heterocycles. The van der Waals surface area contributed by atoms with Crippen molar-refractivity contribution >= 4 is 64.1 Å². The van der Waals surface area contributed by atoms with Crippen molar-refractivity contribution in [1.29, 1.82) is 0 Å². The summed E-state index contributed by atoms with van der Waals surface area (Å²) in [5.74, 6) is -3.29. The van der Waals surface area contributed by atoms with Crippen LogP contribution in [0.2, 0.25) is 0 Å². The van der Waals surface area contributed by atoms with Crippen LogP contribution in [-0.4, -0.2) is 66.9 Å². The zero-order valence-corrected chi connectivity index (χ0v) is 29.6. The Hall–Kier alpha value is -5.41. The van der Waals surface area contributed by atoms with E-state index in [1.807, 2.05) is 0 Å². The second-order valence-electron chi connectivity index (χ2n) is 11.4. The average Bonchev–Trinajstić information content (AvgIpc) is 3.57. The molecule has 264 valence electrons. The summed E-state index contributed by atoms with van der Waals surface area (Å²) < 4.78 is 22.4. The van der Waals surface area contributed by atoms with Gasteiger partial charge in [0.05, 0.1) is 55.2 Å². The molecular formula is C36H33N3O10S2. The van der Waals surface area contributed by atoms with Crippen LogP contribution < -0.4 is 24.6 Å². The van der Waals surface area contributed by atoms with Gasteiger partial charge in [-0.2, -0.15) is 0 Å². The molecule has 1 fully saturated rings. The molecule has 2 aliphatic rings. The van der Waals surface area contributed by atoms with Gasteiger partial charge in [0.25, 0.3) is 0 Å². The highest BCUT2D eigenvalue weighted by Gasteiger charge is 2.57. The normalized spacial score (nSPS) is 17.7. The van der Waals surface area contributed by atoms with Gasteiger partial charge in [0.2, 0.25) is 17.7 Å². The number of hydrogen-bond acceptors (Lipinski definition) is 12. The fourth-order valence-corrected chi connectivity index (χ4v) is 8.90. The molecule has 3 amide bonds. The van der Waals surface area contributed by atoms with Gasteiger partial charge in [-0.05, 0) is 80.1 Å². The first kappa shape index (κ1) is 35.4. The van der Waals surface area contributed by atoms with Crippen LogP contribution in [0.4, 0.5) is 11.4 Å². The van der Waals surface area contributed by atoms with Crippen molar-refractivity contribution in [1.82, 2.24) is 4.57 Å². The quantitative estimate of drug-likeness (QED) is 0.168. The maximum Gasteiger partial charge on any atom is 0.338 e. The second kappa shape index (κ2) is 14.8. The second-order valence-corrected chi connectivity index (χ2v) is 13.5. The lowest BCUT2D eigenvalue weighted by Crippen LogP contribution is -2.33. The predicted molar refractivity (Wildman–Crippen MR) is 189 cm³/mol. The smallest absolute Gasteiger partial charge is 0.338 e. The highest BCUT2D eigenvalue weighted by Crippen LogP contribution is 2.54. The minimum Gasteiger partial charge on any atom is -0.493 e. The third-order valence-corrected chi connectivity index (χ3v) is 11.0. The summed E-state index contributed by atoms with van der Waals surface area (Å²) in [6, 6.07) is 17.4. The number of nitrogens with one attached hydrogen (secondary N) is 1. The van der Waals surface area contributed by atoms with Crippen molar-refractivity contribution in [2.45, 2.75) is 36.6 Å². The molecule has 3 aromatic carbocycles. The van der Waals surface area contributed by atoms with E-state index in [1.165, 1.54) is 55.2 Å². The molecule has 1 N–H and O–H groups in total. The first-order chi connectivity index (χ1) is 24.6. The molecular weight excluding hydrogens is 699 g/mol. The molecule has 15 heteroatoms. The standard InChI is InChI=1S/C36H33N3O10S2/c1-5-48-34(43)19-7-12-22(13-8-19)37-26(40)18-38-33-30(51-36(38)45)27(21-11-16-24(46-3)25(17-21)47-4)28-29(50-33)32(42)39(31(28)41)23-14-9-20(10-15-23)35(44)49-6-2/h7-17,27-29H,5-6,18H2,1-4H3,(H,37,40)/t27-,28-,29+/m0/s1. The number of hydrogen-bond donors (Lipinski definition) is 1. The zero-order chi connectivity index (χ0) is 36.4. The fraction of sp³-hybridized carbons (Fsp3) is 0.278. The first-order valence-electron chi connectivity index (χ1n) is 15.9. The van der Waals surface area contributed by atoms with Gasteiger partial charge in [0, 0.05) is 16.5 Å². The summed E-state index contributed by atoms with van der Waals surface area (Å²) in [5, 5.41) is 2.21. The fourth-order valence-electron chi connectivity index (χ4n) is 6.12. The van der Waals surface area contributed by atoms with Crippen LogP contribution in [0.5, 0.6) is 11.5 Å². The Morgan fingerprint density at radius 2 is 1.39 bits per heavy atom. The highest BCUT2D eigenvalue weighted by atomic mass is 32.2. The number of rotatable bonds is 11. The molecule has 0 aliphatic carbocycles. The van der Waals surface area contributed by atoms with E-state index in [-0.39, 0.29) is 31.0 Å². The van der Waals surface area contributed by atoms with E-state index in [0.29, 0.717) is 38.2 Å². The number of amides is 3. The number of thiazole rings is 1. The Bertz CT molecular complexity index is 2070. The van der Waals surface area contributed by atoms with E-state index >= 15 is 0 Å². The van der Waals surface area contributed by atoms with Crippen LogP contribution in [0.3, 0.4) is 0 Å². The van der Waals surface area contributed by atoms with E-state index in [9.17, 15) is 28.8 Å². The van der Waals surface area contributed by atoms with Crippen LogP contribution in [0.25, 0.3) is 0 Å². The van der Waals surface area contributed by atoms with Gasteiger partial charge in [-0.3, -0.25) is 23.7 Å². The summed E-state index contributed by atoms with van der Waals surface area (Å²) in [6.07, 6.45) is 0. The Balaban J connectivity index is 1.35. The Labute approximate surface area is 300 Å². The van der Waals surface area contributed by atoms with Gasteiger partial charge in [0.1, 0.15) is 11.8 Å². The van der Waals surface area contributed by atoms with E-state index in [0.717, 1.165) is 28.0 Å². The van der Waals surface area contributed by atoms with E-state index in [2.05, 4.69) is 5.32 Å². The van der Waals surface area contributed by atoms with E-state index in [4.69, 9.17) is 18.9 Å². The molecule has 0 bridgehead atoms. The van der Waals surface area contributed by atoms with Gasteiger partial charge in [-0.15, -0.1) is 0 Å². The molecule has 0 saturated carbocycles. The van der Waals surface area contributed by atoms with Gasteiger partial charge < -0.3 is 24.3 Å². The number of anilines is 2. The van der Waals surface area contributed by atoms with Gasteiger partial charge >= 0.3 is 16.8 Å². The summed E-state index contributed by atoms with van der Waals surface area (Å²) >= 11 is 1.98. The largest absolute Gasteiger partial charge is 0.493 e. The summed E-state index contributed by atoms with van der Waals surface area (Å²) in [6.45, 7) is 3.46. The van der Waals surface area contributed by atoms with Crippen molar-refractivity contribution < 1.29 is 42.9 Å². The molecule has 13 nitrogen and oxygen atoms in total. The molecule has 2 aliphatic heterocycles. The number of imide groups is 1. The van der Waals surface area contributed by atoms with E-state index in [1.54, 1.807) is 44.2 Å². The SMILES string of the molecule is CCOC(=O)c1ccc(NC(=O)Cn2c3c(sc2=O)[C@@H](c2ccc(OC)c(OC)c2)[C@@H]2C(=O)N(c4ccc(C(=O)OCC)cc4)C(=O)[C@@H]2S3)cc1. The number of aromatic nitrogens is 1. The first-order valence-corrected chi connectivity index (χ1v) is 17.6. The van der Waals surface area contributed by atoms with Crippen LogP contribution in [0.15, 0.2) is 76.6 Å². The third kappa shape index (κ3) is 6.73. The number of carbonyl (C=O) groups excluding carboxylic acids is 5. The van der Waals surface area contributed by atoms with Crippen LogP contribution in [0.1, 0.15) is 50.9 Å². The topological polar surface area (TPSA) is 160 Å². The maximum atomic E-state index is 14.3. The number of ether oxygens (including phenoxy) is 4. The number of nitrogens with zero attached hydrogens (tertiary/aromatic N) is 2. The van der Waals surface area contributed by atoms with E-state index < -0.39 is 51.6 Å². The minimum atomic E-state index is -0.938. The number of carbonyl (C=O) groups is 5. The van der Waals surface area contributed by atoms with Gasteiger partial charge in [-0.1, -0.05) is 29.2 Å². The summed E-state index contributed by atoms with van der Waals surface area (Å²) in [5.41, 5.74) is 1.90. The molecule has 0 spiro atoms. The van der Waals surface area contributed by atoms with Crippen molar-refractivity contribution in [2.24, 2.45) is 5.92 Å². The lowest BCUT2D eigenvalue weighted by molar-refractivity contribution is -0.122. The molecule has 1 aromatic heterocycles. The number of methoxy groups -OCH3 is 2. The highest BCUT2D eigenvalue weighted by molar-refractivity contribution is 8.00. The molecule has 51 heavy (non-hydrogen) atoms. The average molecular weight is 732 g/mol. The molecule has 6 rings (SSSR count). The van der Waals surface area contributed by atoms with Crippen molar-refractivity contribution in [3.63, 3.8) is 0 Å². The lowest BCUT2D eigenvalue weighted by Gasteiger charge is -2.31. The Kier molecular flexibility index (Phi) is 10.3. The lowest BCUT2D eigenvalue weighted by atomic mass is 9.83. The molecule has 3 atom stereocenters.